The normalized spacial score (nSPS) is 13.5. The van der Waals surface area contributed by atoms with Gasteiger partial charge in [-0.2, -0.15) is 0 Å². The molecule has 8 nitrogen and oxygen atoms in total. The first-order valence-corrected chi connectivity index (χ1v) is 43.5. The van der Waals surface area contributed by atoms with E-state index in [0.717, 1.165) is 71.3 Å². The molecular formula is C115H73B2BrN4O4. The second kappa shape index (κ2) is 29.4. The molecule has 0 saturated carbocycles. The van der Waals surface area contributed by atoms with Gasteiger partial charge < -0.3 is 20.1 Å². The monoisotopic (exact) mass is 1670 g/mol. The maximum Gasteiger partial charge on any atom is 0.488 e. The summed E-state index contributed by atoms with van der Waals surface area (Å²) in [5.74, 6) is 0. The summed E-state index contributed by atoms with van der Waals surface area (Å²) >= 11 is 3.72. The van der Waals surface area contributed by atoms with Gasteiger partial charge in [0.05, 0.1) is 61.1 Å². The van der Waals surface area contributed by atoms with Crippen molar-refractivity contribution in [3.05, 3.63) is 490 Å². The predicted octanol–water partition coefficient (Wildman–Crippen LogP) is 24.1. The Kier molecular flexibility index (Phi) is 17.5. The quantitative estimate of drug-likeness (QED) is 0.111. The Morgan fingerprint density at radius 1 is 0.175 bits per heavy atom. The summed E-state index contributed by atoms with van der Waals surface area (Å²) in [6, 6.07) is 149. The van der Waals surface area contributed by atoms with E-state index < -0.39 is 14.2 Å². The van der Waals surface area contributed by atoms with Crippen molar-refractivity contribution in [2.24, 2.45) is 0 Å². The highest BCUT2D eigenvalue weighted by atomic mass is 79.9. The van der Waals surface area contributed by atoms with E-state index >= 15 is 0 Å². The number of hydrogen-bond acceptors (Lipinski definition) is 8. The molecule has 26 rings (SSSR count). The molecule has 590 valence electrons. The van der Waals surface area contributed by atoms with Gasteiger partial charge in [-0.15, -0.1) is 0 Å². The first kappa shape index (κ1) is 74.9. The average Bonchev–Trinajstić information content (AvgIpc) is 1.52. The molecule has 2 heterocycles. The van der Waals surface area contributed by atoms with Gasteiger partial charge in [-0.05, 0) is 215 Å². The molecule has 0 saturated heterocycles. The molecule has 126 heavy (non-hydrogen) atoms. The number of benzene rings is 18. The summed E-state index contributed by atoms with van der Waals surface area (Å²) in [5.41, 5.74) is 46.6. The maximum absolute atomic E-state index is 9.32. The molecule has 4 N–H and O–H groups in total. The number of nitrogens with zero attached hydrogens (tertiary/aromatic N) is 4. The zero-order valence-corrected chi connectivity index (χ0v) is 69.5. The lowest BCUT2D eigenvalue weighted by Crippen LogP contribution is -2.29. The fraction of sp³-hybridized carbons (Fsp3) is 0.0261. The van der Waals surface area contributed by atoms with E-state index in [1.165, 1.54) is 145 Å². The minimum atomic E-state index is -1.53. The van der Waals surface area contributed by atoms with Crippen LogP contribution in [0.15, 0.2) is 423 Å². The van der Waals surface area contributed by atoms with Gasteiger partial charge in [0.15, 0.2) is 0 Å². The zero-order valence-electron chi connectivity index (χ0n) is 67.9. The van der Waals surface area contributed by atoms with Crippen LogP contribution >= 0.6 is 15.9 Å². The Morgan fingerprint density at radius 2 is 0.357 bits per heavy atom. The van der Waals surface area contributed by atoms with E-state index in [2.05, 4.69) is 350 Å². The van der Waals surface area contributed by atoms with Gasteiger partial charge in [-0.3, -0.25) is 0 Å². The molecule has 0 fully saturated rings. The summed E-state index contributed by atoms with van der Waals surface area (Å²) in [6.45, 7) is 0. The van der Waals surface area contributed by atoms with Crippen molar-refractivity contribution in [2.75, 3.05) is 0 Å². The van der Waals surface area contributed by atoms with Crippen molar-refractivity contribution < 1.29 is 20.1 Å². The highest BCUT2D eigenvalue weighted by Gasteiger charge is 2.55. The number of rotatable bonds is 8. The topological polar surface area (TPSA) is 132 Å². The third-order valence-electron chi connectivity index (χ3n) is 27.0. The third kappa shape index (κ3) is 11.2. The van der Waals surface area contributed by atoms with Gasteiger partial charge in [0.25, 0.3) is 0 Å². The molecule has 0 amide bonds. The van der Waals surface area contributed by atoms with E-state index in [-0.39, 0.29) is 16.2 Å². The molecule has 0 radical (unpaired) electrons. The Morgan fingerprint density at radius 3 is 0.595 bits per heavy atom. The molecule has 3 spiro atoms. The standard InChI is InChI=1S/C70H42N2.C25H15Br.C20H16B2N2O4/c1-7-21-57-49(15-1)50-16-2-8-22-58(50)69(57)61-25-11-5-19-53(61)55-39-37-47(41-63(55)69)43-29-33-45(34-30-43)67-68(72-66-28-14-13-27-65(66)71-67)46-35-31-44(32-36-46)48-38-40-56-54-20-6-12-26-62(54)70(64(56)42-48)59-23-9-3-17-51(59)52-18-4-10-24-60(52)70;26-16-13-14-20-19-9-3-6-12-23(19)25(24(20)15-16)21-10-4-1-7-17(21)18-8-2-5-11-22(18)25;25-21(26)15-9-5-13(6-10-15)19-20(14-7-11-16(12-8-14)22(27)28)24-18-4-2-1-3-17(18)23-19/h1-42H;1-15H;1-12,25-28H. The lowest BCUT2D eigenvalue weighted by molar-refractivity contribution is 0.424. The van der Waals surface area contributed by atoms with Crippen LogP contribution in [0.5, 0.6) is 0 Å². The molecule has 0 bridgehead atoms. The fourth-order valence-corrected chi connectivity index (χ4v) is 22.0. The van der Waals surface area contributed by atoms with Crippen molar-refractivity contribution in [3.8, 4) is 134 Å². The smallest absolute Gasteiger partial charge is 0.423 e. The van der Waals surface area contributed by atoms with E-state index in [9.17, 15) is 20.1 Å². The van der Waals surface area contributed by atoms with E-state index in [1.54, 1.807) is 48.5 Å². The van der Waals surface area contributed by atoms with Crippen LogP contribution in [-0.2, 0) is 16.2 Å². The second-order valence-electron chi connectivity index (χ2n) is 33.3. The summed E-state index contributed by atoms with van der Waals surface area (Å²) in [6.07, 6.45) is 0. The van der Waals surface area contributed by atoms with Crippen molar-refractivity contribution in [3.63, 3.8) is 0 Å². The largest absolute Gasteiger partial charge is 0.488 e. The first-order valence-electron chi connectivity index (χ1n) is 42.7. The first-order chi connectivity index (χ1) is 62.0. The summed E-state index contributed by atoms with van der Waals surface area (Å²) in [7, 11) is -3.07. The Bertz CT molecular complexity index is 7330. The van der Waals surface area contributed by atoms with Gasteiger partial charge >= 0.3 is 14.2 Å². The summed E-state index contributed by atoms with van der Waals surface area (Å²) in [4.78, 5) is 20.2. The summed E-state index contributed by atoms with van der Waals surface area (Å²) < 4.78 is 1.13. The van der Waals surface area contributed by atoms with Crippen LogP contribution < -0.4 is 10.9 Å². The van der Waals surface area contributed by atoms with Crippen molar-refractivity contribution in [1.29, 1.82) is 0 Å². The molecule has 0 aliphatic heterocycles. The zero-order chi connectivity index (χ0) is 84.1. The Balaban J connectivity index is 0.000000133. The molecule has 0 atom stereocenters. The molecule has 6 aliphatic rings. The van der Waals surface area contributed by atoms with Crippen LogP contribution in [0.3, 0.4) is 0 Å². The van der Waals surface area contributed by atoms with Gasteiger partial charge in [0.2, 0.25) is 0 Å². The average molecular weight is 1680 g/mol. The number of fused-ring (bicyclic) bond motifs is 32. The highest BCUT2D eigenvalue weighted by Crippen LogP contribution is 2.67. The molecular weight excluding hydrogens is 1600 g/mol. The predicted molar refractivity (Wildman–Crippen MR) is 514 cm³/mol. The van der Waals surface area contributed by atoms with E-state index in [4.69, 9.17) is 19.9 Å². The van der Waals surface area contributed by atoms with Gasteiger partial charge in [-0.25, -0.2) is 19.9 Å². The van der Waals surface area contributed by atoms with E-state index in [0.29, 0.717) is 22.3 Å². The Labute approximate surface area is 738 Å². The van der Waals surface area contributed by atoms with Crippen molar-refractivity contribution >= 4 is 63.2 Å². The van der Waals surface area contributed by atoms with Gasteiger partial charge in [-0.1, -0.05) is 386 Å². The number of halogens is 1. The van der Waals surface area contributed by atoms with Crippen molar-refractivity contribution in [2.45, 2.75) is 16.2 Å². The molecule has 11 heteroatoms. The fourth-order valence-electron chi connectivity index (χ4n) is 21.7. The molecule has 20 aromatic rings. The Hall–Kier alpha value is -14.9. The highest BCUT2D eigenvalue weighted by molar-refractivity contribution is 9.10. The second-order valence-corrected chi connectivity index (χ2v) is 34.3. The lowest BCUT2D eigenvalue weighted by atomic mass is 9.70. The van der Waals surface area contributed by atoms with Crippen LogP contribution in [-0.4, -0.2) is 54.3 Å². The molecule has 2 aromatic heterocycles. The van der Waals surface area contributed by atoms with Crippen LogP contribution in [0.2, 0.25) is 0 Å². The summed E-state index contributed by atoms with van der Waals surface area (Å²) in [5, 5.41) is 37.3. The van der Waals surface area contributed by atoms with Crippen molar-refractivity contribution in [1.82, 2.24) is 19.9 Å². The number of para-hydroxylation sites is 4. The maximum atomic E-state index is 9.32. The lowest BCUT2D eigenvalue weighted by Gasteiger charge is -2.30. The van der Waals surface area contributed by atoms with Gasteiger partial charge in [0, 0.05) is 26.7 Å². The van der Waals surface area contributed by atoms with Crippen LogP contribution in [0.1, 0.15) is 66.8 Å². The molecule has 18 aromatic carbocycles. The minimum Gasteiger partial charge on any atom is -0.423 e. The number of aromatic nitrogens is 4. The van der Waals surface area contributed by atoms with Gasteiger partial charge in [0.1, 0.15) is 0 Å². The van der Waals surface area contributed by atoms with E-state index in [1.807, 2.05) is 36.4 Å². The molecule has 0 unspecified atom stereocenters. The van der Waals surface area contributed by atoms with Crippen LogP contribution in [0, 0.1) is 0 Å². The van der Waals surface area contributed by atoms with Crippen LogP contribution in [0.4, 0.5) is 0 Å². The van der Waals surface area contributed by atoms with Crippen LogP contribution in [0.25, 0.3) is 156 Å². The number of hydrogen-bond donors (Lipinski definition) is 4. The SMILES string of the molecule is Brc1ccc2c(c1)C1(c3ccccc3-c3ccccc31)c1ccccc1-2.OB(O)c1ccc(-c2nc3ccccc3nc2-c2ccc(B(O)O)cc2)cc1.c1ccc2c(c1)-c1ccccc1C21c2ccccc2-c2ccc(-c3ccc(-c4nc5ccccc5nc4-c4ccc(-c5ccc6c(c5)C5(c7ccccc7-c7ccccc75)c5ccccc5-6)cc4)cc3)cc21. The molecule has 6 aliphatic carbocycles. The minimum absolute atomic E-state index is 0.219. The third-order valence-corrected chi connectivity index (χ3v) is 27.5.